The van der Waals surface area contributed by atoms with E-state index in [4.69, 9.17) is 0 Å². The van der Waals surface area contributed by atoms with E-state index in [-0.39, 0.29) is 0 Å². The zero-order valence-corrected chi connectivity index (χ0v) is 10.1. The van der Waals surface area contributed by atoms with Crippen LogP contribution < -0.4 is 5.32 Å². The molecule has 0 radical (unpaired) electrons. The van der Waals surface area contributed by atoms with Crippen molar-refractivity contribution in [3.8, 4) is 10.8 Å². The van der Waals surface area contributed by atoms with Crippen LogP contribution in [-0.2, 0) is 6.54 Å². The summed E-state index contributed by atoms with van der Waals surface area (Å²) in [5.41, 5.74) is 1.23. The fraction of sp³-hybridized carbons (Fsp3) is 0.500. The first-order valence-electron chi connectivity index (χ1n) is 5.35. The second-order valence-corrected chi connectivity index (χ2v) is 4.73. The van der Waals surface area contributed by atoms with Gasteiger partial charge in [0.1, 0.15) is 5.82 Å². The van der Waals surface area contributed by atoms with Crippen LogP contribution in [0.4, 0.5) is 0 Å². The summed E-state index contributed by atoms with van der Waals surface area (Å²) in [5.74, 6) is 1.77. The molecule has 0 spiro atoms. The molecule has 1 aliphatic rings. The largest absolute Gasteiger partial charge is 0.323 e. The maximum Gasteiger partial charge on any atom is 0.179 e. The van der Waals surface area contributed by atoms with Crippen LogP contribution in [0.5, 0.6) is 0 Å². The van der Waals surface area contributed by atoms with Crippen LogP contribution in [0.3, 0.4) is 0 Å². The summed E-state index contributed by atoms with van der Waals surface area (Å²) in [6.07, 6.45) is 1.93. The number of aryl methyl sites for hydroxylation is 1. The Bertz CT molecular complexity index is 515. The minimum absolute atomic E-state index is 0.365. The van der Waals surface area contributed by atoms with Crippen molar-refractivity contribution in [1.29, 1.82) is 0 Å². The molecule has 0 aliphatic carbocycles. The number of imidazole rings is 1. The first-order valence-corrected chi connectivity index (χ1v) is 6.12. The molecule has 1 N–H and O–H groups in total. The monoisotopic (exact) mass is 235 g/mol. The van der Waals surface area contributed by atoms with E-state index in [2.05, 4.69) is 31.1 Å². The van der Waals surface area contributed by atoms with Gasteiger partial charge in [0.2, 0.25) is 0 Å². The number of nitrogens with zero attached hydrogens (tertiary/aromatic N) is 4. The van der Waals surface area contributed by atoms with Crippen molar-refractivity contribution >= 4 is 11.5 Å². The van der Waals surface area contributed by atoms with Crippen LogP contribution in [0, 0.1) is 6.92 Å². The molecule has 3 rings (SSSR count). The Morgan fingerprint density at radius 3 is 3.19 bits per heavy atom. The van der Waals surface area contributed by atoms with Crippen LogP contribution in [-0.4, -0.2) is 25.5 Å². The predicted molar refractivity (Wildman–Crippen MR) is 62.3 cm³/mol. The maximum absolute atomic E-state index is 4.46. The Kier molecular flexibility index (Phi) is 2.26. The van der Waals surface area contributed by atoms with Gasteiger partial charge in [0.15, 0.2) is 10.8 Å². The van der Waals surface area contributed by atoms with Crippen LogP contribution in [0.15, 0.2) is 6.20 Å². The third-order valence-corrected chi connectivity index (χ3v) is 3.64. The van der Waals surface area contributed by atoms with E-state index >= 15 is 0 Å². The van der Waals surface area contributed by atoms with Gasteiger partial charge < -0.3 is 9.88 Å². The van der Waals surface area contributed by atoms with Gasteiger partial charge in [-0.3, -0.25) is 0 Å². The number of hydrogen-bond donors (Lipinski definition) is 1. The molecule has 0 bridgehead atoms. The Hall–Kier alpha value is -1.27. The molecule has 5 nitrogen and oxygen atoms in total. The Labute approximate surface area is 97.7 Å². The van der Waals surface area contributed by atoms with Crippen molar-refractivity contribution in [2.45, 2.75) is 26.4 Å². The highest BCUT2D eigenvalue weighted by Crippen LogP contribution is 2.26. The van der Waals surface area contributed by atoms with Gasteiger partial charge in [0.05, 0.1) is 11.9 Å². The van der Waals surface area contributed by atoms with Gasteiger partial charge in [-0.1, -0.05) is 0 Å². The van der Waals surface area contributed by atoms with E-state index in [1.165, 1.54) is 17.2 Å². The average molecular weight is 235 g/mol. The van der Waals surface area contributed by atoms with Gasteiger partial charge in [-0.15, -0.1) is 0 Å². The minimum Gasteiger partial charge on any atom is -0.323 e. The number of rotatable bonds is 1. The third kappa shape index (κ3) is 1.45. The Balaban J connectivity index is 2.09. The second kappa shape index (κ2) is 3.64. The van der Waals surface area contributed by atoms with Crippen molar-refractivity contribution in [3.05, 3.63) is 17.7 Å². The molecule has 3 heterocycles. The highest BCUT2D eigenvalue weighted by Gasteiger charge is 2.21. The zero-order valence-electron chi connectivity index (χ0n) is 9.27. The molecule has 2 aromatic rings. The van der Waals surface area contributed by atoms with E-state index in [9.17, 15) is 0 Å². The van der Waals surface area contributed by atoms with Crippen molar-refractivity contribution in [2.75, 3.05) is 6.54 Å². The lowest BCUT2D eigenvalue weighted by molar-refractivity contribution is 0.451. The fourth-order valence-electron chi connectivity index (χ4n) is 2.03. The Morgan fingerprint density at radius 2 is 2.44 bits per heavy atom. The highest BCUT2D eigenvalue weighted by molar-refractivity contribution is 7.09. The summed E-state index contributed by atoms with van der Waals surface area (Å²) in [4.78, 5) is 8.85. The van der Waals surface area contributed by atoms with Gasteiger partial charge in [-0.25, -0.2) is 9.97 Å². The lowest BCUT2D eigenvalue weighted by atomic mass is 10.2. The molecule has 0 aromatic carbocycles. The molecule has 1 aliphatic heterocycles. The standard InChI is InChI=1S/C10H13N5S/c1-6-8-5-12-9(15(8)4-3-11-6)10-13-7(2)14-16-10/h5-6,11H,3-4H2,1-2H3/t6-/m1/s1. The molecule has 2 aromatic heterocycles. The van der Waals surface area contributed by atoms with E-state index in [0.29, 0.717) is 6.04 Å². The molecular formula is C10H13N5S. The van der Waals surface area contributed by atoms with E-state index in [0.717, 1.165) is 29.7 Å². The first-order chi connectivity index (χ1) is 7.75. The van der Waals surface area contributed by atoms with Gasteiger partial charge >= 0.3 is 0 Å². The molecule has 84 valence electrons. The van der Waals surface area contributed by atoms with Crippen molar-refractivity contribution < 1.29 is 0 Å². The number of aromatic nitrogens is 4. The van der Waals surface area contributed by atoms with E-state index in [1.807, 2.05) is 13.1 Å². The summed E-state index contributed by atoms with van der Waals surface area (Å²) in [6.45, 7) is 6.00. The normalized spacial score (nSPS) is 19.8. The SMILES string of the molecule is Cc1nsc(-c2ncc3n2CCN[C@@H]3C)n1. The quantitative estimate of drug-likeness (QED) is 0.811. The topological polar surface area (TPSA) is 55.6 Å². The van der Waals surface area contributed by atoms with Crippen molar-refractivity contribution in [1.82, 2.24) is 24.2 Å². The van der Waals surface area contributed by atoms with E-state index < -0.39 is 0 Å². The predicted octanol–water partition coefficient (Wildman–Crippen LogP) is 1.37. The van der Waals surface area contributed by atoms with Crippen molar-refractivity contribution in [2.24, 2.45) is 0 Å². The molecular weight excluding hydrogens is 222 g/mol. The zero-order chi connectivity index (χ0) is 11.1. The van der Waals surface area contributed by atoms with Gasteiger partial charge in [0.25, 0.3) is 0 Å². The minimum atomic E-state index is 0.365. The lowest BCUT2D eigenvalue weighted by Crippen LogP contribution is -2.31. The molecule has 0 fully saturated rings. The Morgan fingerprint density at radius 1 is 1.56 bits per heavy atom. The second-order valence-electron chi connectivity index (χ2n) is 3.98. The molecule has 6 heteroatoms. The van der Waals surface area contributed by atoms with Crippen molar-refractivity contribution in [3.63, 3.8) is 0 Å². The summed E-state index contributed by atoms with van der Waals surface area (Å²) < 4.78 is 6.44. The summed E-state index contributed by atoms with van der Waals surface area (Å²) in [5, 5.41) is 4.33. The number of fused-ring (bicyclic) bond motifs is 1. The summed E-state index contributed by atoms with van der Waals surface area (Å²) >= 11 is 1.42. The number of nitrogens with one attached hydrogen (secondary N) is 1. The molecule has 16 heavy (non-hydrogen) atoms. The molecule has 0 saturated heterocycles. The maximum atomic E-state index is 4.46. The van der Waals surface area contributed by atoms with E-state index in [1.54, 1.807) is 0 Å². The smallest absolute Gasteiger partial charge is 0.179 e. The fourth-order valence-corrected chi connectivity index (χ4v) is 2.70. The average Bonchev–Trinajstić information content (AvgIpc) is 2.84. The van der Waals surface area contributed by atoms with Crippen LogP contribution in [0.25, 0.3) is 10.8 Å². The molecule has 1 atom stereocenters. The highest BCUT2D eigenvalue weighted by atomic mass is 32.1. The van der Waals surface area contributed by atoms with Crippen LogP contribution >= 0.6 is 11.5 Å². The lowest BCUT2D eigenvalue weighted by Gasteiger charge is -2.23. The third-order valence-electron chi connectivity index (χ3n) is 2.83. The van der Waals surface area contributed by atoms with Gasteiger partial charge in [0, 0.05) is 19.1 Å². The number of hydrogen-bond acceptors (Lipinski definition) is 5. The summed E-state index contributed by atoms with van der Waals surface area (Å²) in [6, 6.07) is 0.365. The molecule has 0 saturated carbocycles. The van der Waals surface area contributed by atoms with Crippen LogP contribution in [0.1, 0.15) is 24.5 Å². The molecule has 0 unspecified atom stereocenters. The molecule has 0 amide bonds. The summed E-state index contributed by atoms with van der Waals surface area (Å²) in [7, 11) is 0. The van der Waals surface area contributed by atoms with Gasteiger partial charge in [-0.05, 0) is 25.4 Å². The van der Waals surface area contributed by atoms with Gasteiger partial charge in [-0.2, -0.15) is 4.37 Å². The first kappa shape index (κ1) is 9.92. The van der Waals surface area contributed by atoms with Crippen LogP contribution in [0.2, 0.25) is 0 Å².